The summed E-state index contributed by atoms with van der Waals surface area (Å²) in [5.41, 5.74) is 2.29. The number of aryl methyl sites for hydroxylation is 1. The van der Waals surface area contributed by atoms with Crippen molar-refractivity contribution in [1.82, 2.24) is 15.2 Å². The quantitative estimate of drug-likeness (QED) is 0.853. The third-order valence-electron chi connectivity index (χ3n) is 4.05. The molecule has 1 fully saturated rings. The average Bonchev–Trinajstić information content (AvgIpc) is 2.77. The summed E-state index contributed by atoms with van der Waals surface area (Å²) < 4.78 is 0. The number of nitrogens with one attached hydrogen (secondary N) is 1. The first-order valence-electron chi connectivity index (χ1n) is 7.53. The van der Waals surface area contributed by atoms with Crippen LogP contribution in [0, 0.1) is 12.8 Å². The maximum atomic E-state index is 4.59. The van der Waals surface area contributed by atoms with Gasteiger partial charge in [-0.1, -0.05) is 19.4 Å². The standard InChI is InChI=1S/C16H27N3/c1-4-17-16-10-6-8-14(16)11-19(3)12-15-9-5-7-13(2)18-15/h5,7,9,14,16-17H,4,6,8,10-12H2,1-3H3. The Balaban J connectivity index is 1.85. The van der Waals surface area contributed by atoms with Crippen LogP contribution in [0.1, 0.15) is 37.6 Å². The van der Waals surface area contributed by atoms with E-state index in [2.05, 4.69) is 54.3 Å². The van der Waals surface area contributed by atoms with Crippen molar-refractivity contribution in [2.75, 3.05) is 20.1 Å². The molecule has 1 saturated carbocycles. The largest absolute Gasteiger partial charge is 0.314 e. The lowest BCUT2D eigenvalue weighted by atomic mass is 10.0. The molecule has 1 N–H and O–H groups in total. The molecule has 3 nitrogen and oxygen atoms in total. The lowest BCUT2D eigenvalue weighted by Gasteiger charge is -2.26. The first-order chi connectivity index (χ1) is 9.19. The van der Waals surface area contributed by atoms with Gasteiger partial charge < -0.3 is 10.2 Å². The van der Waals surface area contributed by atoms with Crippen molar-refractivity contribution < 1.29 is 0 Å². The van der Waals surface area contributed by atoms with Gasteiger partial charge in [0.25, 0.3) is 0 Å². The summed E-state index contributed by atoms with van der Waals surface area (Å²) in [4.78, 5) is 7.00. The second kappa shape index (κ2) is 7.01. The van der Waals surface area contributed by atoms with Crippen LogP contribution in [0.2, 0.25) is 0 Å². The summed E-state index contributed by atoms with van der Waals surface area (Å²) in [5, 5.41) is 3.63. The van der Waals surface area contributed by atoms with E-state index in [0.29, 0.717) is 0 Å². The summed E-state index contributed by atoms with van der Waals surface area (Å²) >= 11 is 0. The van der Waals surface area contributed by atoms with Gasteiger partial charge in [0.2, 0.25) is 0 Å². The van der Waals surface area contributed by atoms with E-state index in [1.165, 1.54) is 31.5 Å². The van der Waals surface area contributed by atoms with Crippen LogP contribution < -0.4 is 5.32 Å². The van der Waals surface area contributed by atoms with Crippen LogP contribution in [0.3, 0.4) is 0 Å². The Morgan fingerprint density at radius 1 is 1.37 bits per heavy atom. The second-order valence-electron chi connectivity index (χ2n) is 5.82. The smallest absolute Gasteiger partial charge is 0.0547 e. The van der Waals surface area contributed by atoms with Gasteiger partial charge in [-0.05, 0) is 51.4 Å². The molecule has 19 heavy (non-hydrogen) atoms. The minimum atomic E-state index is 0.720. The van der Waals surface area contributed by atoms with E-state index in [4.69, 9.17) is 0 Å². The number of hydrogen-bond acceptors (Lipinski definition) is 3. The number of aromatic nitrogens is 1. The van der Waals surface area contributed by atoms with Gasteiger partial charge in [-0.25, -0.2) is 0 Å². The zero-order valence-corrected chi connectivity index (χ0v) is 12.5. The van der Waals surface area contributed by atoms with Gasteiger partial charge in [-0.15, -0.1) is 0 Å². The molecule has 2 rings (SSSR count). The van der Waals surface area contributed by atoms with E-state index in [9.17, 15) is 0 Å². The lowest BCUT2D eigenvalue weighted by molar-refractivity contribution is 0.244. The Morgan fingerprint density at radius 3 is 2.95 bits per heavy atom. The van der Waals surface area contributed by atoms with Gasteiger partial charge in [0, 0.05) is 24.8 Å². The van der Waals surface area contributed by atoms with Crippen LogP contribution in [0.25, 0.3) is 0 Å². The summed E-state index contributed by atoms with van der Waals surface area (Å²) in [6, 6.07) is 7.00. The van der Waals surface area contributed by atoms with Gasteiger partial charge >= 0.3 is 0 Å². The molecule has 0 amide bonds. The highest BCUT2D eigenvalue weighted by atomic mass is 15.1. The molecular formula is C16H27N3. The normalized spacial score (nSPS) is 23.2. The molecule has 1 aliphatic carbocycles. The van der Waals surface area contributed by atoms with E-state index in [1.807, 2.05) is 0 Å². The summed E-state index contributed by atoms with van der Waals surface area (Å²) in [7, 11) is 2.21. The second-order valence-corrected chi connectivity index (χ2v) is 5.82. The fraction of sp³-hybridized carbons (Fsp3) is 0.688. The molecule has 2 atom stereocenters. The predicted molar refractivity (Wildman–Crippen MR) is 80.1 cm³/mol. The van der Waals surface area contributed by atoms with Crippen molar-refractivity contribution in [3.8, 4) is 0 Å². The Hall–Kier alpha value is -0.930. The molecular weight excluding hydrogens is 234 g/mol. The van der Waals surface area contributed by atoms with E-state index < -0.39 is 0 Å². The van der Waals surface area contributed by atoms with Crippen molar-refractivity contribution in [3.05, 3.63) is 29.6 Å². The maximum absolute atomic E-state index is 4.59. The highest BCUT2D eigenvalue weighted by molar-refractivity contribution is 5.09. The number of nitrogens with zero attached hydrogens (tertiary/aromatic N) is 2. The van der Waals surface area contributed by atoms with Gasteiger partial charge in [-0.2, -0.15) is 0 Å². The molecule has 0 saturated heterocycles. The first-order valence-corrected chi connectivity index (χ1v) is 7.53. The zero-order chi connectivity index (χ0) is 13.7. The number of rotatable bonds is 6. The molecule has 3 heteroatoms. The minimum Gasteiger partial charge on any atom is -0.314 e. The van der Waals surface area contributed by atoms with Crippen LogP contribution in [0.5, 0.6) is 0 Å². The number of hydrogen-bond donors (Lipinski definition) is 1. The molecule has 1 heterocycles. The minimum absolute atomic E-state index is 0.720. The topological polar surface area (TPSA) is 28.2 Å². The van der Waals surface area contributed by atoms with Crippen molar-refractivity contribution in [2.24, 2.45) is 5.92 Å². The fourth-order valence-corrected chi connectivity index (χ4v) is 3.22. The average molecular weight is 261 g/mol. The maximum Gasteiger partial charge on any atom is 0.0547 e. The van der Waals surface area contributed by atoms with E-state index in [0.717, 1.165) is 30.7 Å². The zero-order valence-electron chi connectivity index (χ0n) is 12.5. The van der Waals surface area contributed by atoms with E-state index in [1.54, 1.807) is 0 Å². The van der Waals surface area contributed by atoms with Crippen LogP contribution >= 0.6 is 0 Å². The highest BCUT2D eigenvalue weighted by Gasteiger charge is 2.27. The molecule has 0 spiro atoms. The van der Waals surface area contributed by atoms with Gasteiger partial charge in [0.1, 0.15) is 0 Å². The summed E-state index contributed by atoms with van der Waals surface area (Å²) in [5.74, 6) is 0.801. The summed E-state index contributed by atoms with van der Waals surface area (Å²) in [6.07, 6.45) is 4.08. The molecule has 1 aromatic rings. The molecule has 2 unspecified atom stereocenters. The molecule has 106 valence electrons. The molecule has 1 aliphatic rings. The Labute approximate surface area is 117 Å². The van der Waals surface area contributed by atoms with Gasteiger partial charge in [0.15, 0.2) is 0 Å². The Bertz CT molecular complexity index is 391. The Morgan fingerprint density at radius 2 is 2.21 bits per heavy atom. The monoisotopic (exact) mass is 261 g/mol. The van der Waals surface area contributed by atoms with Crippen LogP contribution in [-0.2, 0) is 6.54 Å². The van der Waals surface area contributed by atoms with Gasteiger partial charge in [-0.3, -0.25) is 4.98 Å². The first kappa shape index (κ1) is 14.5. The van der Waals surface area contributed by atoms with Crippen molar-refractivity contribution in [2.45, 2.75) is 45.7 Å². The molecule has 0 aliphatic heterocycles. The van der Waals surface area contributed by atoms with E-state index >= 15 is 0 Å². The predicted octanol–water partition coefficient (Wildman–Crippen LogP) is 2.60. The van der Waals surface area contributed by atoms with Crippen molar-refractivity contribution in [1.29, 1.82) is 0 Å². The summed E-state index contributed by atoms with van der Waals surface area (Å²) in [6.45, 7) is 7.48. The van der Waals surface area contributed by atoms with Crippen LogP contribution in [-0.4, -0.2) is 36.1 Å². The molecule has 0 bridgehead atoms. The third-order valence-corrected chi connectivity index (χ3v) is 4.05. The third kappa shape index (κ3) is 4.29. The highest BCUT2D eigenvalue weighted by Crippen LogP contribution is 2.26. The van der Waals surface area contributed by atoms with Crippen molar-refractivity contribution >= 4 is 0 Å². The van der Waals surface area contributed by atoms with E-state index in [-0.39, 0.29) is 0 Å². The fourth-order valence-electron chi connectivity index (χ4n) is 3.22. The SMILES string of the molecule is CCNC1CCCC1CN(C)Cc1cccc(C)n1. The molecule has 0 aromatic carbocycles. The Kier molecular flexibility index (Phi) is 5.34. The van der Waals surface area contributed by atoms with Crippen LogP contribution in [0.15, 0.2) is 18.2 Å². The lowest BCUT2D eigenvalue weighted by Crippen LogP contribution is -2.38. The molecule has 0 radical (unpaired) electrons. The molecule has 1 aromatic heterocycles. The van der Waals surface area contributed by atoms with Gasteiger partial charge in [0.05, 0.1) is 5.69 Å². The number of pyridine rings is 1. The van der Waals surface area contributed by atoms with Crippen LogP contribution in [0.4, 0.5) is 0 Å². The van der Waals surface area contributed by atoms with Crippen molar-refractivity contribution in [3.63, 3.8) is 0 Å².